The first-order chi connectivity index (χ1) is 9.29. The summed E-state index contributed by atoms with van der Waals surface area (Å²) in [5, 5.41) is 6.67. The second-order valence-corrected chi connectivity index (χ2v) is 6.55. The Bertz CT molecular complexity index is 324. The van der Waals surface area contributed by atoms with E-state index in [0.717, 1.165) is 11.6 Å². The van der Waals surface area contributed by atoms with Crippen LogP contribution in [-0.2, 0) is 0 Å². The van der Waals surface area contributed by atoms with Crippen molar-refractivity contribution in [1.29, 1.82) is 0 Å². The number of hydrogen-bond acceptors (Lipinski definition) is 2. The molecule has 1 aromatic rings. The third kappa shape index (κ3) is 6.78. The van der Waals surface area contributed by atoms with E-state index in [0.29, 0.717) is 6.04 Å². The molecule has 1 rings (SSSR count). The summed E-state index contributed by atoms with van der Waals surface area (Å²) in [6.45, 7) is 5.56. The van der Waals surface area contributed by atoms with Crippen molar-refractivity contribution in [3.63, 3.8) is 0 Å². The van der Waals surface area contributed by atoms with Crippen LogP contribution in [0.2, 0.25) is 5.02 Å². The van der Waals surface area contributed by atoms with Gasteiger partial charge < -0.3 is 5.32 Å². The van der Waals surface area contributed by atoms with E-state index in [1.165, 1.54) is 56.2 Å². The Kier molecular flexibility index (Phi) is 9.58. The molecule has 3 heteroatoms. The molecule has 1 nitrogen and oxygen atoms in total. The summed E-state index contributed by atoms with van der Waals surface area (Å²) >= 11 is 8.05. The fraction of sp³-hybridized carbons (Fsp3) is 0.750. The van der Waals surface area contributed by atoms with E-state index in [2.05, 4.69) is 24.5 Å². The zero-order valence-electron chi connectivity index (χ0n) is 12.4. The van der Waals surface area contributed by atoms with Crippen molar-refractivity contribution >= 4 is 22.9 Å². The van der Waals surface area contributed by atoms with Gasteiger partial charge in [0.15, 0.2) is 0 Å². The monoisotopic (exact) mass is 301 g/mol. The molecule has 0 radical (unpaired) electrons. The molecule has 0 spiro atoms. The maximum atomic E-state index is 6.27. The zero-order chi connectivity index (χ0) is 13.9. The number of nitrogens with one attached hydrogen (secondary N) is 1. The molecule has 0 aliphatic rings. The van der Waals surface area contributed by atoms with E-state index < -0.39 is 0 Å². The molecule has 110 valence electrons. The number of hydrogen-bond donors (Lipinski definition) is 1. The summed E-state index contributed by atoms with van der Waals surface area (Å²) in [5.74, 6) is 0. The van der Waals surface area contributed by atoms with Crippen molar-refractivity contribution < 1.29 is 0 Å². The first-order valence-corrected chi connectivity index (χ1v) is 9.01. The van der Waals surface area contributed by atoms with Crippen molar-refractivity contribution in [2.24, 2.45) is 0 Å². The fourth-order valence-corrected chi connectivity index (χ4v) is 3.63. The van der Waals surface area contributed by atoms with Crippen molar-refractivity contribution in [2.75, 3.05) is 6.54 Å². The largest absolute Gasteiger partial charge is 0.309 e. The predicted octanol–water partition coefficient (Wildman–Crippen LogP) is 6.19. The highest BCUT2D eigenvalue weighted by molar-refractivity contribution is 7.10. The van der Waals surface area contributed by atoms with Crippen LogP contribution in [0.3, 0.4) is 0 Å². The molecule has 0 saturated heterocycles. The Balaban J connectivity index is 2.32. The molecule has 0 aromatic carbocycles. The molecule has 1 unspecified atom stereocenters. The summed E-state index contributed by atoms with van der Waals surface area (Å²) in [6.07, 6.45) is 10.5. The van der Waals surface area contributed by atoms with Gasteiger partial charge in [-0.3, -0.25) is 0 Å². The molecule has 1 N–H and O–H groups in total. The number of thiophene rings is 1. The quantitative estimate of drug-likeness (QED) is 0.480. The van der Waals surface area contributed by atoms with Crippen LogP contribution in [0.5, 0.6) is 0 Å². The second-order valence-electron chi connectivity index (χ2n) is 5.20. The number of halogens is 1. The van der Waals surface area contributed by atoms with E-state index >= 15 is 0 Å². The first-order valence-electron chi connectivity index (χ1n) is 7.75. The number of unbranched alkanes of at least 4 members (excludes halogenated alkanes) is 5. The summed E-state index contributed by atoms with van der Waals surface area (Å²) in [6, 6.07) is 2.47. The molecular formula is C16H28ClNS. The molecule has 1 atom stereocenters. The average Bonchev–Trinajstić information content (AvgIpc) is 2.83. The Morgan fingerprint density at radius 3 is 2.47 bits per heavy atom. The topological polar surface area (TPSA) is 12.0 Å². The maximum Gasteiger partial charge on any atom is 0.0561 e. The summed E-state index contributed by atoms with van der Waals surface area (Å²) in [4.78, 5) is 1.32. The molecule has 0 bridgehead atoms. The lowest BCUT2D eigenvalue weighted by atomic mass is 10.0. The molecule has 0 aliphatic heterocycles. The molecule has 19 heavy (non-hydrogen) atoms. The van der Waals surface area contributed by atoms with E-state index in [-0.39, 0.29) is 0 Å². The van der Waals surface area contributed by atoms with Gasteiger partial charge in [-0.05, 0) is 30.8 Å². The van der Waals surface area contributed by atoms with Crippen molar-refractivity contribution in [2.45, 2.75) is 71.3 Å². The van der Waals surface area contributed by atoms with Gasteiger partial charge in [0.1, 0.15) is 0 Å². The van der Waals surface area contributed by atoms with Crippen molar-refractivity contribution in [3.8, 4) is 0 Å². The van der Waals surface area contributed by atoms with Crippen LogP contribution in [0.1, 0.15) is 76.1 Å². The van der Waals surface area contributed by atoms with Gasteiger partial charge in [0.25, 0.3) is 0 Å². The normalized spacial score (nSPS) is 12.8. The van der Waals surface area contributed by atoms with E-state index in [1.54, 1.807) is 11.3 Å². The lowest BCUT2D eigenvalue weighted by molar-refractivity contribution is 0.472. The molecule has 1 heterocycles. The van der Waals surface area contributed by atoms with Gasteiger partial charge in [0, 0.05) is 10.9 Å². The second kappa shape index (κ2) is 10.7. The SMILES string of the molecule is CCCCCCCCC(NCCC)c1sccc1Cl. The van der Waals surface area contributed by atoms with Crippen LogP contribution in [-0.4, -0.2) is 6.54 Å². The first kappa shape index (κ1) is 17.0. The highest BCUT2D eigenvalue weighted by Gasteiger charge is 2.14. The van der Waals surface area contributed by atoms with Gasteiger partial charge >= 0.3 is 0 Å². The minimum Gasteiger partial charge on any atom is -0.309 e. The third-order valence-electron chi connectivity index (χ3n) is 3.45. The van der Waals surface area contributed by atoms with Crippen LogP contribution in [0.25, 0.3) is 0 Å². The van der Waals surface area contributed by atoms with Gasteiger partial charge in [0.05, 0.1) is 5.02 Å². The van der Waals surface area contributed by atoms with Crippen LogP contribution >= 0.6 is 22.9 Å². The Morgan fingerprint density at radius 1 is 1.11 bits per heavy atom. The standard InChI is InChI=1S/C16H28ClNS/c1-3-5-6-7-8-9-10-15(18-12-4-2)16-14(17)11-13-19-16/h11,13,15,18H,3-10,12H2,1-2H3. The van der Waals surface area contributed by atoms with Crippen LogP contribution in [0, 0.1) is 0 Å². The van der Waals surface area contributed by atoms with E-state index in [1.807, 2.05) is 6.07 Å². The average molecular weight is 302 g/mol. The number of rotatable bonds is 11. The summed E-state index contributed by atoms with van der Waals surface area (Å²) in [5.41, 5.74) is 0. The zero-order valence-corrected chi connectivity index (χ0v) is 14.0. The summed E-state index contributed by atoms with van der Waals surface area (Å²) < 4.78 is 0. The van der Waals surface area contributed by atoms with E-state index in [9.17, 15) is 0 Å². The van der Waals surface area contributed by atoms with Crippen LogP contribution < -0.4 is 5.32 Å². The fourth-order valence-electron chi connectivity index (χ4n) is 2.33. The van der Waals surface area contributed by atoms with E-state index in [4.69, 9.17) is 11.6 Å². The molecular weight excluding hydrogens is 274 g/mol. The van der Waals surface area contributed by atoms with Crippen molar-refractivity contribution in [3.05, 3.63) is 21.3 Å². The molecule has 0 fully saturated rings. The van der Waals surface area contributed by atoms with Crippen LogP contribution in [0.15, 0.2) is 11.4 Å². The van der Waals surface area contributed by atoms with Gasteiger partial charge in [-0.15, -0.1) is 11.3 Å². The minimum absolute atomic E-state index is 0.457. The molecule has 0 saturated carbocycles. The highest BCUT2D eigenvalue weighted by atomic mass is 35.5. The lowest BCUT2D eigenvalue weighted by Crippen LogP contribution is -2.21. The van der Waals surface area contributed by atoms with Gasteiger partial charge in [-0.2, -0.15) is 0 Å². The molecule has 0 amide bonds. The minimum atomic E-state index is 0.457. The molecule has 1 aromatic heterocycles. The Morgan fingerprint density at radius 2 is 1.84 bits per heavy atom. The Hall–Kier alpha value is -0.0500. The lowest BCUT2D eigenvalue weighted by Gasteiger charge is -2.17. The van der Waals surface area contributed by atoms with Crippen LogP contribution in [0.4, 0.5) is 0 Å². The smallest absolute Gasteiger partial charge is 0.0561 e. The predicted molar refractivity (Wildman–Crippen MR) is 88.4 cm³/mol. The van der Waals surface area contributed by atoms with Crippen molar-refractivity contribution in [1.82, 2.24) is 5.32 Å². The highest BCUT2D eigenvalue weighted by Crippen LogP contribution is 2.31. The molecule has 0 aliphatic carbocycles. The summed E-state index contributed by atoms with van der Waals surface area (Å²) in [7, 11) is 0. The maximum absolute atomic E-state index is 6.27. The Labute approximate surface area is 127 Å². The van der Waals surface area contributed by atoms with Gasteiger partial charge in [0.2, 0.25) is 0 Å². The van der Waals surface area contributed by atoms with Gasteiger partial charge in [-0.1, -0.05) is 64.0 Å². The third-order valence-corrected chi connectivity index (χ3v) is 4.92. The van der Waals surface area contributed by atoms with Gasteiger partial charge in [-0.25, -0.2) is 0 Å².